The predicted octanol–water partition coefficient (Wildman–Crippen LogP) is 0.186. The second kappa shape index (κ2) is 7.68. The van der Waals surface area contributed by atoms with Gasteiger partial charge in [0.05, 0.1) is 0 Å². The Kier molecular flexibility index (Phi) is 8.65. The van der Waals surface area contributed by atoms with Crippen LogP contribution in [-0.2, 0) is 15.2 Å². The number of hydrogen-bond acceptors (Lipinski definition) is 4. The Morgan fingerprint density at radius 2 is 1.64 bits per heavy atom. The maximum absolute atomic E-state index is 10.6. The van der Waals surface area contributed by atoms with Crippen molar-refractivity contribution in [2.24, 2.45) is 0 Å². The first-order valence-corrected chi connectivity index (χ1v) is 5.26. The van der Waals surface area contributed by atoms with Crippen molar-refractivity contribution >= 4 is 16.3 Å². The molecule has 6 N–H and O–H groups in total. The van der Waals surface area contributed by atoms with Crippen molar-refractivity contribution in [3.8, 4) is 0 Å². The molecule has 1 amide bonds. The fraction of sp³-hybridized carbons (Fsp3) is 0.833. The number of hydrogen-bond donors (Lipinski definition) is 4. The normalized spacial score (nSPS) is 16.6. The number of carbonyl (C=O) groups excluding carboxylic acids is 1. The van der Waals surface area contributed by atoms with Crippen LogP contribution < -0.4 is 11.5 Å². The molecule has 0 radical (unpaired) electrons. The Balaban J connectivity index is 0. The smallest absolute Gasteiger partial charge is 0.356 e. The summed E-state index contributed by atoms with van der Waals surface area (Å²) < 4.78 is 31.6. The van der Waals surface area contributed by atoms with E-state index in [0.717, 1.165) is 25.8 Å². The number of rotatable bonds is 0. The van der Waals surface area contributed by atoms with E-state index in [1.54, 1.807) is 0 Å². The molecule has 0 saturated carbocycles. The van der Waals surface area contributed by atoms with Crippen molar-refractivity contribution in [1.82, 2.24) is 11.5 Å². The molecule has 0 spiro atoms. The molecular weight excluding hydrogens is 212 g/mol. The van der Waals surface area contributed by atoms with Gasteiger partial charge in [-0.3, -0.25) is 13.9 Å². The molecule has 1 rings (SSSR count). The van der Waals surface area contributed by atoms with Gasteiger partial charge in [0.2, 0.25) is 5.91 Å². The zero-order valence-electron chi connectivity index (χ0n) is 7.77. The summed E-state index contributed by atoms with van der Waals surface area (Å²) in [7, 11) is -4.67. The van der Waals surface area contributed by atoms with Crippen molar-refractivity contribution in [2.75, 3.05) is 6.54 Å². The lowest BCUT2D eigenvalue weighted by atomic mass is 10.2. The topological polar surface area (TPSA) is 139 Å². The highest BCUT2D eigenvalue weighted by molar-refractivity contribution is 7.79. The lowest BCUT2D eigenvalue weighted by Crippen LogP contribution is -2.21. The highest BCUT2D eigenvalue weighted by atomic mass is 32.3. The monoisotopic (exact) mass is 228 g/mol. The van der Waals surface area contributed by atoms with Gasteiger partial charge in [0.15, 0.2) is 0 Å². The third kappa shape index (κ3) is 17.4. The van der Waals surface area contributed by atoms with Crippen molar-refractivity contribution in [3.63, 3.8) is 0 Å². The molecule has 0 bridgehead atoms. The molecular formula is C6H16N2O5S. The second-order valence-corrected chi connectivity index (χ2v) is 3.50. The minimum Gasteiger partial charge on any atom is -0.356 e. The number of amides is 1. The van der Waals surface area contributed by atoms with Crippen molar-refractivity contribution in [2.45, 2.75) is 25.7 Å². The molecule has 1 saturated heterocycles. The minimum absolute atomic E-state index is 0. The molecule has 7 nitrogen and oxygen atoms in total. The molecule has 1 fully saturated rings. The average Bonchev–Trinajstić information content (AvgIpc) is 2.12. The van der Waals surface area contributed by atoms with Gasteiger partial charge in [-0.2, -0.15) is 8.42 Å². The van der Waals surface area contributed by atoms with E-state index in [0.29, 0.717) is 0 Å². The van der Waals surface area contributed by atoms with Crippen LogP contribution in [0.25, 0.3) is 0 Å². The maximum atomic E-state index is 10.6. The summed E-state index contributed by atoms with van der Waals surface area (Å²) in [5.74, 6) is 0.225. The molecule has 0 unspecified atom stereocenters. The van der Waals surface area contributed by atoms with Crippen LogP contribution in [0.3, 0.4) is 0 Å². The largest absolute Gasteiger partial charge is 0.394 e. The molecule has 8 heteroatoms. The van der Waals surface area contributed by atoms with Gasteiger partial charge in [0.1, 0.15) is 0 Å². The van der Waals surface area contributed by atoms with Crippen molar-refractivity contribution in [3.05, 3.63) is 0 Å². The van der Waals surface area contributed by atoms with E-state index in [2.05, 4.69) is 5.32 Å². The van der Waals surface area contributed by atoms with Gasteiger partial charge in [-0.25, -0.2) is 0 Å². The number of nitrogens with one attached hydrogen (secondary N) is 1. The Morgan fingerprint density at radius 1 is 1.14 bits per heavy atom. The van der Waals surface area contributed by atoms with Crippen LogP contribution >= 0.6 is 0 Å². The van der Waals surface area contributed by atoms with Gasteiger partial charge < -0.3 is 11.5 Å². The minimum atomic E-state index is -4.67. The Labute approximate surface area is 83.0 Å². The first-order chi connectivity index (χ1) is 5.89. The average molecular weight is 228 g/mol. The van der Waals surface area contributed by atoms with Crippen LogP contribution in [-0.4, -0.2) is 30.0 Å². The van der Waals surface area contributed by atoms with Gasteiger partial charge >= 0.3 is 10.4 Å². The van der Waals surface area contributed by atoms with Crippen molar-refractivity contribution < 1.29 is 22.3 Å². The maximum Gasteiger partial charge on any atom is 0.394 e. The van der Waals surface area contributed by atoms with Crippen LogP contribution in [0, 0.1) is 0 Å². The summed E-state index contributed by atoms with van der Waals surface area (Å²) in [6.45, 7) is 0.888. The summed E-state index contributed by atoms with van der Waals surface area (Å²) >= 11 is 0. The van der Waals surface area contributed by atoms with E-state index in [1.165, 1.54) is 6.42 Å². The molecule has 0 aromatic rings. The predicted molar refractivity (Wildman–Crippen MR) is 50.7 cm³/mol. The van der Waals surface area contributed by atoms with Gasteiger partial charge in [-0.15, -0.1) is 0 Å². The van der Waals surface area contributed by atoms with Gasteiger partial charge in [-0.1, -0.05) is 6.42 Å². The summed E-state index contributed by atoms with van der Waals surface area (Å²) in [5, 5.41) is 2.81. The van der Waals surface area contributed by atoms with Crippen LogP contribution in [0.2, 0.25) is 0 Å². The molecule has 0 aliphatic carbocycles. The van der Waals surface area contributed by atoms with Crippen LogP contribution in [0.1, 0.15) is 25.7 Å². The third-order valence-corrected chi connectivity index (χ3v) is 1.40. The first-order valence-electron chi connectivity index (χ1n) is 3.86. The molecule has 0 atom stereocenters. The van der Waals surface area contributed by atoms with Crippen LogP contribution in [0.4, 0.5) is 0 Å². The highest BCUT2D eigenvalue weighted by Gasteiger charge is 2.03. The molecule has 0 aromatic carbocycles. The molecule has 14 heavy (non-hydrogen) atoms. The molecule has 1 heterocycles. The fourth-order valence-corrected chi connectivity index (χ4v) is 0.904. The van der Waals surface area contributed by atoms with Crippen LogP contribution in [0.15, 0.2) is 0 Å². The molecule has 1 aliphatic heterocycles. The lowest BCUT2D eigenvalue weighted by molar-refractivity contribution is -0.120. The summed E-state index contributed by atoms with van der Waals surface area (Å²) in [6.07, 6.45) is 4.18. The Morgan fingerprint density at radius 3 is 2.14 bits per heavy atom. The zero-order chi connectivity index (χ0) is 10.3. The number of carbonyl (C=O) groups is 1. The first kappa shape index (κ1) is 15.8. The van der Waals surface area contributed by atoms with E-state index in [1.807, 2.05) is 0 Å². The Bertz CT molecular complexity index is 233. The Hall–Kier alpha value is -0.700. The van der Waals surface area contributed by atoms with E-state index in [-0.39, 0.29) is 12.1 Å². The van der Waals surface area contributed by atoms with E-state index < -0.39 is 10.4 Å². The zero-order valence-corrected chi connectivity index (χ0v) is 8.59. The molecule has 0 aromatic heterocycles. The SMILES string of the molecule is N.O=C1CCCCCN1.O=S(=O)(O)O. The summed E-state index contributed by atoms with van der Waals surface area (Å²) in [4.78, 5) is 10.6. The van der Waals surface area contributed by atoms with Crippen molar-refractivity contribution in [1.29, 1.82) is 0 Å². The fourth-order valence-electron chi connectivity index (χ4n) is 0.904. The van der Waals surface area contributed by atoms with E-state index in [9.17, 15) is 4.79 Å². The molecule has 86 valence electrons. The standard InChI is InChI=1S/C6H11NO.H3N.H2O4S/c8-6-4-2-1-3-5-7-6;;1-5(2,3)4/h1-5H2,(H,7,8);1H3;(H2,1,2,3,4). The van der Waals surface area contributed by atoms with Gasteiger partial charge in [-0.05, 0) is 12.8 Å². The van der Waals surface area contributed by atoms with Gasteiger partial charge in [0, 0.05) is 13.0 Å². The second-order valence-electron chi connectivity index (χ2n) is 2.61. The van der Waals surface area contributed by atoms with Crippen LogP contribution in [0.5, 0.6) is 0 Å². The third-order valence-electron chi connectivity index (χ3n) is 1.40. The quantitative estimate of drug-likeness (QED) is 0.436. The van der Waals surface area contributed by atoms with Gasteiger partial charge in [0.25, 0.3) is 0 Å². The lowest BCUT2D eigenvalue weighted by Gasteiger charge is -1.93. The summed E-state index contributed by atoms with van der Waals surface area (Å²) in [6, 6.07) is 0. The van der Waals surface area contributed by atoms with E-state index >= 15 is 0 Å². The summed E-state index contributed by atoms with van der Waals surface area (Å²) in [5.41, 5.74) is 0. The molecule has 1 aliphatic rings. The van der Waals surface area contributed by atoms with E-state index in [4.69, 9.17) is 17.5 Å². The highest BCUT2D eigenvalue weighted by Crippen LogP contribution is 2.02.